The van der Waals surface area contributed by atoms with Crippen LogP contribution < -0.4 is 0 Å². The standard InChI is InChI=1S/C8H6N2O3S/c11-14(12)7-3-1-2-6(4-7)8-10-9-5-13-8/h1-5H,(H,11,12)/p-1. The van der Waals surface area contributed by atoms with Gasteiger partial charge in [0.25, 0.3) is 0 Å². The second-order valence-electron chi connectivity index (χ2n) is 2.51. The molecule has 0 aliphatic carbocycles. The number of hydrogen-bond acceptors (Lipinski definition) is 5. The minimum absolute atomic E-state index is 0.195. The Hall–Kier alpha value is -1.53. The van der Waals surface area contributed by atoms with Crippen molar-refractivity contribution in [2.45, 2.75) is 4.90 Å². The van der Waals surface area contributed by atoms with Crippen molar-refractivity contribution in [3.8, 4) is 11.5 Å². The van der Waals surface area contributed by atoms with E-state index in [9.17, 15) is 8.76 Å². The van der Waals surface area contributed by atoms with Crippen molar-refractivity contribution in [2.75, 3.05) is 0 Å². The van der Waals surface area contributed by atoms with E-state index >= 15 is 0 Å². The Morgan fingerprint density at radius 3 is 2.93 bits per heavy atom. The van der Waals surface area contributed by atoms with Gasteiger partial charge in [-0.05, 0) is 29.3 Å². The van der Waals surface area contributed by atoms with Crippen LogP contribution >= 0.6 is 0 Å². The highest BCUT2D eigenvalue weighted by Gasteiger charge is 2.03. The Kier molecular flexibility index (Phi) is 2.38. The molecule has 1 aromatic heterocycles. The maximum atomic E-state index is 10.7. The molecule has 0 N–H and O–H groups in total. The summed E-state index contributed by atoms with van der Waals surface area (Å²) in [6, 6.07) is 6.27. The van der Waals surface area contributed by atoms with Crippen LogP contribution in [-0.2, 0) is 11.1 Å². The minimum Gasteiger partial charge on any atom is -0.768 e. The largest absolute Gasteiger partial charge is 0.768 e. The van der Waals surface area contributed by atoms with Crippen LogP contribution in [0.5, 0.6) is 0 Å². The van der Waals surface area contributed by atoms with Gasteiger partial charge in [-0.3, -0.25) is 4.21 Å². The Labute approximate surface area is 82.1 Å². The van der Waals surface area contributed by atoms with Gasteiger partial charge < -0.3 is 8.97 Å². The fourth-order valence-electron chi connectivity index (χ4n) is 1.03. The van der Waals surface area contributed by atoms with Gasteiger partial charge in [0.05, 0.1) is 0 Å². The first-order valence-corrected chi connectivity index (χ1v) is 4.81. The van der Waals surface area contributed by atoms with E-state index < -0.39 is 11.1 Å². The molecular formula is C8H5N2O3S-. The third kappa shape index (κ3) is 1.70. The summed E-state index contributed by atoms with van der Waals surface area (Å²) in [5, 5.41) is 7.17. The average molecular weight is 209 g/mol. The molecule has 0 aliphatic heterocycles. The van der Waals surface area contributed by atoms with Crippen molar-refractivity contribution in [2.24, 2.45) is 0 Å². The fourth-order valence-corrected chi connectivity index (χ4v) is 1.44. The highest BCUT2D eigenvalue weighted by Crippen LogP contribution is 2.18. The average Bonchev–Trinajstić information content (AvgIpc) is 2.71. The zero-order valence-electron chi connectivity index (χ0n) is 6.91. The number of aromatic nitrogens is 2. The highest BCUT2D eigenvalue weighted by molar-refractivity contribution is 7.79. The normalized spacial score (nSPS) is 12.6. The predicted molar refractivity (Wildman–Crippen MR) is 46.9 cm³/mol. The molecule has 2 aromatic rings. The Bertz CT molecular complexity index is 455. The van der Waals surface area contributed by atoms with Gasteiger partial charge in [-0.25, -0.2) is 0 Å². The molecule has 0 aliphatic rings. The van der Waals surface area contributed by atoms with Gasteiger partial charge in [-0.15, -0.1) is 10.2 Å². The predicted octanol–water partition coefficient (Wildman–Crippen LogP) is 0.975. The van der Waals surface area contributed by atoms with Gasteiger partial charge in [0, 0.05) is 10.5 Å². The Morgan fingerprint density at radius 2 is 2.29 bits per heavy atom. The third-order valence-corrected chi connectivity index (χ3v) is 2.27. The van der Waals surface area contributed by atoms with E-state index in [2.05, 4.69) is 10.2 Å². The topological polar surface area (TPSA) is 79.0 Å². The lowest BCUT2D eigenvalue weighted by Crippen LogP contribution is -1.89. The summed E-state index contributed by atoms with van der Waals surface area (Å²) in [7, 11) is 0. The lowest BCUT2D eigenvalue weighted by Gasteiger charge is -2.04. The Balaban J connectivity index is 2.46. The van der Waals surface area contributed by atoms with Gasteiger partial charge in [-0.1, -0.05) is 6.07 Å². The molecule has 0 fully saturated rings. The van der Waals surface area contributed by atoms with Crippen molar-refractivity contribution in [3.63, 3.8) is 0 Å². The number of rotatable bonds is 2. The van der Waals surface area contributed by atoms with Crippen molar-refractivity contribution >= 4 is 11.1 Å². The molecule has 0 saturated carbocycles. The maximum absolute atomic E-state index is 10.7. The summed E-state index contributed by atoms with van der Waals surface area (Å²) in [4.78, 5) is 0.195. The van der Waals surface area contributed by atoms with Crippen LogP contribution in [0.15, 0.2) is 40.0 Å². The van der Waals surface area contributed by atoms with Crippen LogP contribution in [0, 0.1) is 0 Å². The zero-order chi connectivity index (χ0) is 9.97. The summed E-state index contributed by atoms with van der Waals surface area (Å²) >= 11 is -2.24. The van der Waals surface area contributed by atoms with E-state index in [1.54, 1.807) is 12.1 Å². The molecule has 0 radical (unpaired) electrons. The van der Waals surface area contributed by atoms with E-state index in [1.807, 2.05) is 0 Å². The molecule has 0 saturated heterocycles. The van der Waals surface area contributed by atoms with Gasteiger partial charge in [-0.2, -0.15) is 0 Å². The van der Waals surface area contributed by atoms with E-state index in [0.29, 0.717) is 11.5 Å². The summed E-state index contributed by atoms with van der Waals surface area (Å²) in [5.41, 5.74) is 0.587. The fraction of sp³-hybridized carbons (Fsp3) is 0. The van der Waals surface area contributed by atoms with Crippen LogP contribution in [0.1, 0.15) is 0 Å². The molecule has 1 unspecified atom stereocenters. The van der Waals surface area contributed by atoms with Crippen LogP contribution in [0.4, 0.5) is 0 Å². The SMILES string of the molecule is O=S([O-])c1cccc(-c2nnco2)c1. The first-order chi connectivity index (χ1) is 6.77. The molecule has 0 spiro atoms. The molecule has 2 rings (SSSR count). The van der Waals surface area contributed by atoms with Gasteiger partial charge in [0.1, 0.15) is 0 Å². The number of hydrogen-bond donors (Lipinski definition) is 0. The lowest BCUT2D eigenvalue weighted by molar-refractivity contribution is 0.537. The van der Waals surface area contributed by atoms with Crippen LogP contribution in [0.25, 0.3) is 11.5 Å². The van der Waals surface area contributed by atoms with E-state index in [4.69, 9.17) is 4.42 Å². The first-order valence-electron chi connectivity index (χ1n) is 3.73. The molecule has 1 heterocycles. The second kappa shape index (κ2) is 3.69. The van der Waals surface area contributed by atoms with Crippen molar-refractivity contribution in [3.05, 3.63) is 30.7 Å². The number of benzene rings is 1. The zero-order valence-corrected chi connectivity index (χ0v) is 7.73. The third-order valence-electron chi connectivity index (χ3n) is 1.63. The van der Waals surface area contributed by atoms with Crippen LogP contribution in [0.2, 0.25) is 0 Å². The first kappa shape index (κ1) is 9.04. The smallest absolute Gasteiger partial charge is 0.247 e. The van der Waals surface area contributed by atoms with E-state index in [-0.39, 0.29) is 4.90 Å². The molecule has 6 heteroatoms. The molecule has 14 heavy (non-hydrogen) atoms. The summed E-state index contributed by atoms with van der Waals surface area (Å²) < 4.78 is 26.2. The minimum atomic E-state index is -2.24. The van der Waals surface area contributed by atoms with Gasteiger partial charge >= 0.3 is 0 Å². The maximum Gasteiger partial charge on any atom is 0.247 e. The molecule has 0 amide bonds. The van der Waals surface area contributed by atoms with E-state index in [1.165, 1.54) is 18.5 Å². The van der Waals surface area contributed by atoms with Crippen molar-refractivity contribution < 1.29 is 13.2 Å². The molecule has 1 aromatic carbocycles. The van der Waals surface area contributed by atoms with Crippen molar-refractivity contribution in [1.82, 2.24) is 10.2 Å². The van der Waals surface area contributed by atoms with Crippen molar-refractivity contribution in [1.29, 1.82) is 0 Å². The Morgan fingerprint density at radius 1 is 1.43 bits per heavy atom. The summed E-state index contributed by atoms with van der Waals surface area (Å²) in [6.45, 7) is 0. The summed E-state index contributed by atoms with van der Waals surface area (Å²) in [5.74, 6) is 0.303. The molecule has 0 bridgehead atoms. The monoisotopic (exact) mass is 209 g/mol. The van der Waals surface area contributed by atoms with E-state index in [0.717, 1.165) is 0 Å². The molecule has 72 valence electrons. The summed E-state index contributed by atoms with van der Waals surface area (Å²) in [6.07, 6.45) is 1.19. The molecule has 1 atom stereocenters. The van der Waals surface area contributed by atoms with Gasteiger partial charge in [0.15, 0.2) is 0 Å². The highest BCUT2D eigenvalue weighted by atomic mass is 32.2. The van der Waals surface area contributed by atoms with Crippen LogP contribution in [0.3, 0.4) is 0 Å². The van der Waals surface area contributed by atoms with Crippen LogP contribution in [-0.4, -0.2) is 19.0 Å². The van der Waals surface area contributed by atoms with Gasteiger partial charge in [0.2, 0.25) is 12.3 Å². The second-order valence-corrected chi connectivity index (χ2v) is 3.45. The quantitative estimate of drug-likeness (QED) is 0.688. The molecule has 5 nitrogen and oxygen atoms in total. The lowest BCUT2D eigenvalue weighted by atomic mass is 10.2. The molecular weight excluding hydrogens is 204 g/mol. The number of nitrogens with zero attached hydrogens (tertiary/aromatic N) is 2.